The molecule has 8 aromatic rings. The fourth-order valence-corrected chi connectivity index (χ4v) is 12.5. The third-order valence-electron chi connectivity index (χ3n) is 15.7. The zero-order valence-corrected chi connectivity index (χ0v) is 37.4. The Morgan fingerprint density at radius 1 is 0.500 bits per heavy atom. The van der Waals surface area contributed by atoms with Crippen molar-refractivity contribution in [3.8, 4) is 33.4 Å². The average Bonchev–Trinajstić information content (AvgIpc) is 3.76. The van der Waals surface area contributed by atoms with Gasteiger partial charge in [-0.1, -0.05) is 197 Å². The molecule has 1 saturated carbocycles. The van der Waals surface area contributed by atoms with Crippen molar-refractivity contribution in [2.75, 3.05) is 4.90 Å². The van der Waals surface area contributed by atoms with Crippen molar-refractivity contribution in [1.29, 1.82) is 0 Å². The van der Waals surface area contributed by atoms with E-state index in [1.54, 1.807) is 0 Å². The van der Waals surface area contributed by atoms with Gasteiger partial charge in [-0.3, -0.25) is 0 Å². The molecule has 1 fully saturated rings. The Kier molecular flexibility index (Phi) is 9.27. The van der Waals surface area contributed by atoms with Crippen LogP contribution in [-0.4, -0.2) is 0 Å². The van der Waals surface area contributed by atoms with Gasteiger partial charge in [0.2, 0.25) is 0 Å². The summed E-state index contributed by atoms with van der Waals surface area (Å²) in [7, 11) is 0. The summed E-state index contributed by atoms with van der Waals surface area (Å²) in [4.78, 5) is 2.61. The molecule has 4 aliphatic carbocycles. The molecular formula is C63H55N. The van der Waals surface area contributed by atoms with Crippen molar-refractivity contribution in [2.45, 2.75) is 82.5 Å². The number of fused-ring (bicyclic) bond motifs is 6. The minimum Gasteiger partial charge on any atom is -0.309 e. The van der Waals surface area contributed by atoms with Crippen LogP contribution in [0, 0.1) is 0 Å². The predicted molar refractivity (Wildman–Crippen MR) is 271 cm³/mol. The first-order chi connectivity index (χ1) is 31.4. The molecule has 1 heteroatoms. The van der Waals surface area contributed by atoms with Gasteiger partial charge in [-0.2, -0.15) is 0 Å². The zero-order chi connectivity index (χ0) is 43.0. The molecule has 8 aromatic carbocycles. The summed E-state index contributed by atoms with van der Waals surface area (Å²) in [6, 6.07) is 67.2. The van der Waals surface area contributed by atoms with Gasteiger partial charge in [-0.05, 0) is 140 Å². The number of rotatable bonds is 7. The minimum absolute atomic E-state index is 0.101. The van der Waals surface area contributed by atoms with E-state index in [0.29, 0.717) is 5.92 Å². The lowest BCUT2D eigenvalue weighted by Crippen LogP contribution is -2.25. The summed E-state index contributed by atoms with van der Waals surface area (Å²) in [5, 5.41) is 2.73. The molecule has 1 atom stereocenters. The van der Waals surface area contributed by atoms with Crippen LogP contribution >= 0.6 is 0 Å². The summed E-state index contributed by atoms with van der Waals surface area (Å²) in [6.07, 6.45) is 13.4. The lowest BCUT2D eigenvalue weighted by molar-refractivity contribution is 0.445. The number of nitrogens with zero attached hydrogens (tertiary/aromatic N) is 1. The Labute approximate surface area is 379 Å². The maximum absolute atomic E-state index is 2.61. The molecule has 0 aliphatic heterocycles. The Hall–Kier alpha value is -6.70. The quantitative estimate of drug-likeness (QED) is 0.155. The Bertz CT molecular complexity index is 3190. The Morgan fingerprint density at radius 2 is 1.12 bits per heavy atom. The molecule has 312 valence electrons. The second kappa shape index (κ2) is 15.2. The van der Waals surface area contributed by atoms with Crippen LogP contribution in [0.5, 0.6) is 0 Å². The van der Waals surface area contributed by atoms with E-state index < -0.39 is 0 Å². The predicted octanol–water partition coefficient (Wildman–Crippen LogP) is 17.4. The van der Waals surface area contributed by atoms with Crippen LogP contribution in [0.1, 0.15) is 105 Å². The van der Waals surface area contributed by atoms with Gasteiger partial charge in [0, 0.05) is 27.6 Å². The van der Waals surface area contributed by atoms with Gasteiger partial charge in [-0.25, -0.2) is 0 Å². The van der Waals surface area contributed by atoms with E-state index in [1.165, 1.54) is 138 Å². The maximum atomic E-state index is 2.61. The lowest BCUT2D eigenvalue weighted by Gasteiger charge is -2.34. The molecule has 0 N–H and O–H groups in total. The van der Waals surface area contributed by atoms with Crippen molar-refractivity contribution in [3.63, 3.8) is 0 Å². The highest BCUT2D eigenvalue weighted by Crippen LogP contribution is 2.57. The first kappa shape index (κ1) is 38.9. The van der Waals surface area contributed by atoms with Gasteiger partial charge in [-0.15, -0.1) is 0 Å². The van der Waals surface area contributed by atoms with Crippen LogP contribution in [0.2, 0.25) is 0 Å². The number of benzene rings is 8. The molecule has 0 radical (unpaired) electrons. The summed E-state index contributed by atoms with van der Waals surface area (Å²) >= 11 is 0. The van der Waals surface area contributed by atoms with Crippen molar-refractivity contribution < 1.29 is 0 Å². The van der Waals surface area contributed by atoms with E-state index in [2.05, 4.69) is 214 Å². The van der Waals surface area contributed by atoms with Crippen molar-refractivity contribution in [2.24, 2.45) is 0 Å². The molecule has 0 saturated heterocycles. The highest BCUT2D eigenvalue weighted by Gasteiger charge is 2.43. The second-order valence-corrected chi connectivity index (χ2v) is 19.4. The van der Waals surface area contributed by atoms with E-state index in [4.69, 9.17) is 0 Å². The van der Waals surface area contributed by atoms with E-state index in [1.807, 2.05) is 0 Å². The molecule has 1 unspecified atom stereocenters. The third kappa shape index (κ3) is 5.90. The fraction of sp³-hybridized carbons (Fsp3) is 0.206. The molecular weight excluding hydrogens is 771 g/mol. The molecule has 0 spiro atoms. The Morgan fingerprint density at radius 3 is 1.91 bits per heavy atom. The molecule has 0 aromatic heterocycles. The van der Waals surface area contributed by atoms with Gasteiger partial charge < -0.3 is 4.90 Å². The number of allylic oxidation sites excluding steroid dienone is 4. The van der Waals surface area contributed by atoms with Crippen LogP contribution < -0.4 is 4.90 Å². The van der Waals surface area contributed by atoms with Crippen LogP contribution in [-0.2, 0) is 10.8 Å². The second-order valence-electron chi connectivity index (χ2n) is 19.4. The smallest absolute Gasteiger partial charge is 0.0540 e. The number of para-hydroxylation sites is 2. The van der Waals surface area contributed by atoms with E-state index in [9.17, 15) is 0 Å². The number of anilines is 3. The fourth-order valence-electron chi connectivity index (χ4n) is 12.5. The summed E-state index contributed by atoms with van der Waals surface area (Å²) in [6.45, 7) is 7.26. The highest BCUT2D eigenvalue weighted by atomic mass is 15.1. The van der Waals surface area contributed by atoms with Gasteiger partial charge in [0.05, 0.1) is 11.4 Å². The summed E-state index contributed by atoms with van der Waals surface area (Å²) in [5.74, 6) is 0.579. The number of hydrogen-bond acceptors (Lipinski definition) is 1. The summed E-state index contributed by atoms with van der Waals surface area (Å²) in [5.41, 5.74) is 22.3. The molecule has 4 aliphatic rings. The SMILES string of the molecule is CC1(C)c2ccccc2-c2c(-c3ccccc3N(c3ccc4c(c3)C(C)(c3ccccc3)C3=C4C=CCC3)c3ccccc3-c3cccc4cccc(C5CCCCC5)c34)cccc21. The number of hydrogen-bond donors (Lipinski definition) is 0. The summed E-state index contributed by atoms with van der Waals surface area (Å²) < 4.78 is 0. The molecule has 0 amide bonds. The van der Waals surface area contributed by atoms with Gasteiger partial charge in [0.1, 0.15) is 0 Å². The van der Waals surface area contributed by atoms with Gasteiger partial charge in [0.25, 0.3) is 0 Å². The monoisotopic (exact) mass is 825 g/mol. The average molecular weight is 826 g/mol. The van der Waals surface area contributed by atoms with Crippen molar-refractivity contribution in [1.82, 2.24) is 0 Å². The molecule has 1 nitrogen and oxygen atoms in total. The van der Waals surface area contributed by atoms with Crippen molar-refractivity contribution in [3.05, 3.63) is 227 Å². The van der Waals surface area contributed by atoms with Gasteiger partial charge in [0.15, 0.2) is 0 Å². The molecule has 0 heterocycles. The first-order valence-corrected chi connectivity index (χ1v) is 23.8. The van der Waals surface area contributed by atoms with E-state index >= 15 is 0 Å². The van der Waals surface area contributed by atoms with Crippen LogP contribution in [0.15, 0.2) is 194 Å². The topological polar surface area (TPSA) is 3.24 Å². The molecule has 12 rings (SSSR count). The Balaban J connectivity index is 1.13. The lowest BCUT2D eigenvalue weighted by atomic mass is 9.71. The van der Waals surface area contributed by atoms with E-state index in [0.717, 1.165) is 12.8 Å². The molecule has 0 bridgehead atoms. The van der Waals surface area contributed by atoms with Crippen molar-refractivity contribution >= 4 is 33.4 Å². The highest BCUT2D eigenvalue weighted by molar-refractivity contribution is 6.05. The van der Waals surface area contributed by atoms with Crippen LogP contribution in [0.3, 0.4) is 0 Å². The third-order valence-corrected chi connectivity index (χ3v) is 15.7. The standard InChI is InChI=1S/C63H55N/c1-62(2)54-34-14-11-30-53(54)61-52(33-20-36-56(61)62)50-29-13-17-38-59(50)64(45-39-40-48-47-27-10-15-35-55(47)63(3,57(48)41-45)44-25-8-5-9-26-44)58-37-16-12-28-49(58)51-32-19-24-43-23-18-31-46(60(43)51)42-21-6-4-7-22-42/h5,8-14,16-20,23-34,36-42H,4,6-7,15,21-22,35H2,1-3H3. The maximum Gasteiger partial charge on any atom is 0.0540 e. The normalized spacial score (nSPS) is 18.4. The first-order valence-electron chi connectivity index (χ1n) is 23.8. The van der Waals surface area contributed by atoms with Crippen LogP contribution in [0.4, 0.5) is 17.1 Å². The zero-order valence-electron chi connectivity index (χ0n) is 37.4. The van der Waals surface area contributed by atoms with Gasteiger partial charge >= 0.3 is 0 Å². The molecule has 64 heavy (non-hydrogen) atoms. The van der Waals surface area contributed by atoms with E-state index in [-0.39, 0.29) is 10.8 Å². The largest absolute Gasteiger partial charge is 0.309 e. The minimum atomic E-state index is -0.253. The van der Waals surface area contributed by atoms with Crippen LogP contribution in [0.25, 0.3) is 49.7 Å².